The minimum atomic E-state index is 0. The number of rotatable bonds is 3. The first-order valence-corrected chi connectivity index (χ1v) is 4.44. The summed E-state index contributed by atoms with van der Waals surface area (Å²) in [5.41, 5.74) is 2.16. The molecule has 0 saturated carbocycles. The molecule has 0 N–H and O–H groups in total. The summed E-state index contributed by atoms with van der Waals surface area (Å²) < 4.78 is 5.02. The van der Waals surface area contributed by atoms with Gasteiger partial charge in [-0.1, -0.05) is 18.2 Å². The predicted octanol–water partition coefficient (Wildman–Crippen LogP) is -0.124. The molecule has 0 aliphatic rings. The molecule has 1 rings (SSSR count). The van der Waals surface area contributed by atoms with Crippen molar-refractivity contribution in [2.75, 3.05) is 13.7 Å². The zero-order valence-corrected chi connectivity index (χ0v) is 9.47. The van der Waals surface area contributed by atoms with Crippen molar-refractivity contribution in [3.63, 3.8) is 0 Å². The van der Waals surface area contributed by atoms with Crippen LogP contribution in [0.5, 0.6) is 0 Å². The van der Waals surface area contributed by atoms with E-state index >= 15 is 0 Å². The van der Waals surface area contributed by atoms with Crippen LogP contribution in [0.15, 0.2) is 30.3 Å². The first-order chi connectivity index (χ1) is 5.88. The molecule has 0 heterocycles. The number of halogens is 1. The van der Waals surface area contributed by atoms with Crippen LogP contribution in [0.1, 0.15) is 5.56 Å². The molecule has 0 fully saturated rings. The van der Waals surface area contributed by atoms with Crippen molar-refractivity contribution in [3.05, 3.63) is 40.9 Å². The maximum absolute atomic E-state index is 5.02. The summed E-state index contributed by atoms with van der Waals surface area (Å²) in [7, 11) is 1.67. The molecule has 0 bridgehead atoms. The molecule has 0 unspecified atom stereocenters. The molecule has 0 saturated heterocycles. The quantitative estimate of drug-likeness (QED) is 0.522. The van der Waals surface area contributed by atoms with Crippen molar-refractivity contribution >= 4 is 21.5 Å². The van der Waals surface area contributed by atoms with Gasteiger partial charge in [0.15, 0.2) is 0 Å². The van der Waals surface area contributed by atoms with E-state index in [0.29, 0.717) is 6.61 Å². The van der Waals surface area contributed by atoms with Crippen LogP contribution in [0.25, 0.3) is 5.57 Å². The van der Waals surface area contributed by atoms with Crippen molar-refractivity contribution in [1.29, 1.82) is 0 Å². The Hall–Kier alpha value is -0.00260. The number of hydrogen-bond donors (Lipinski definition) is 0. The third-order valence-electron chi connectivity index (χ3n) is 1.52. The fourth-order valence-electron chi connectivity index (χ4n) is 0.949. The molecular weight excluding hydrogens is 223 g/mol. The number of benzene rings is 1. The van der Waals surface area contributed by atoms with Crippen molar-refractivity contribution in [3.8, 4) is 0 Å². The van der Waals surface area contributed by atoms with Gasteiger partial charge in [-0.15, -0.1) is 12.1 Å². The molecule has 0 aromatic heterocycles. The van der Waals surface area contributed by atoms with E-state index in [1.165, 1.54) is 0 Å². The van der Waals surface area contributed by atoms with Crippen LogP contribution in [-0.4, -0.2) is 13.7 Å². The van der Waals surface area contributed by atoms with Gasteiger partial charge in [0.2, 0.25) is 0 Å². The number of methoxy groups -OCH3 is 1. The fraction of sp³-hybridized carbons (Fsp3) is 0.200. The molecule has 0 radical (unpaired) electrons. The summed E-state index contributed by atoms with van der Waals surface area (Å²) >= 11 is 3.19. The van der Waals surface area contributed by atoms with Gasteiger partial charge in [0.25, 0.3) is 0 Å². The molecule has 3 heteroatoms. The monoisotopic (exact) mass is 232 g/mol. The third-order valence-corrected chi connectivity index (χ3v) is 2.00. The van der Waals surface area contributed by atoms with E-state index < -0.39 is 0 Å². The SMILES string of the molecule is COCC(=[C-]Br)c1ccccc1.[Li+]. The molecule has 13 heavy (non-hydrogen) atoms. The molecule has 1 aromatic carbocycles. The van der Waals surface area contributed by atoms with E-state index in [1.54, 1.807) is 7.11 Å². The summed E-state index contributed by atoms with van der Waals surface area (Å²) in [6, 6.07) is 10.0. The van der Waals surface area contributed by atoms with Crippen molar-refractivity contribution in [1.82, 2.24) is 0 Å². The second-order valence-corrected chi connectivity index (χ2v) is 2.77. The fourth-order valence-corrected chi connectivity index (χ4v) is 1.29. The molecule has 1 nitrogen and oxygen atoms in total. The van der Waals surface area contributed by atoms with Crippen molar-refractivity contribution in [2.24, 2.45) is 0 Å². The summed E-state index contributed by atoms with van der Waals surface area (Å²) in [4.78, 5) is 2.92. The van der Waals surface area contributed by atoms with Crippen molar-refractivity contribution in [2.45, 2.75) is 0 Å². The van der Waals surface area contributed by atoms with Gasteiger partial charge in [-0.25, -0.2) is 0 Å². The normalized spacial score (nSPS) is 10.8. The van der Waals surface area contributed by atoms with Gasteiger partial charge in [-0.05, 0) is 0 Å². The Bertz CT molecular complexity index is 259. The second kappa shape index (κ2) is 7.41. The van der Waals surface area contributed by atoms with Crippen molar-refractivity contribution < 1.29 is 23.6 Å². The van der Waals surface area contributed by atoms with Crippen LogP contribution in [0.3, 0.4) is 0 Å². The maximum atomic E-state index is 5.02. The first kappa shape index (κ1) is 13.0. The zero-order valence-electron chi connectivity index (χ0n) is 7.88. The Morgan fingerprint density at radius 3 is 2.46 bits per heavy atom. The Kier molecular flexibility index (Phi) is 7.40. The van der Waals surface area contributed by atoms with E-state index in [2.05, 4.69) is 20.9 Å². The van der Waals surface area contributed by atoms with Gasteiger partial charge in [-0.2, -0.15) is 32.1 Å². The topological polar surface area (TPSA) is 9.23 Å². The second-order valence-electron chi connectivity index (χ2n) is 2.37. The molecular formula is C10H10BrLiO. The maximum Gasteiger partial charge on any atom is 1.00 e. The van der Waals surface area contributed by atoms with Gasteiger partial charge < -0.3 is 4.74 Å². The summed E-state index contributed by atoms with van der Waals surface area (Å²) in [6.45, 7) is 0.579. The van der Waals surface area contributed by atoms with Gasteiger partial charge in [0, 0.05) is 13.7 Å². The largest absolute Gasteiger partial charge is 1.00 e. The molecule has 0 spiro atoms. The average Bonchev–Trinajstić information content (AvgIpc) is 2.15. The average molecular weight is 233 g/mol. The number of hydrogen-bond acceptors (Lipinski definition) is 1. The molecule has 1 aromatic rings. The predicted molar refractivity (Wildman–Crippen MR) is 53.9 cm³/mol. The van der Waals surface area contributed by atoms with Crippen LogP contribution < -0.4 is 18.9 Å². The Labute approximate surface area is 99.5 Å². The minimum Gasteiger partial charge on any atom is -0.383 e. The molecule has 64 valence electrons. The van der Waals surface area contributed by atoms with E-state index in [-0.39, 0.29) is 18.9 Å². The Morgan fingerprint density at radius 2 is 2.00 bits per heavy atom. The van der Waals surface area contributed by atoms with E-state index in [0.717, 1.165) is 11.1 Å². The summed E-state index contributed by atoms with van der Waals surface area (Å²) in [5, 5.41) is 0. The van der Waals surface area contributed by atoms with Gasteiger partial charge >= 0.3 is 18.9 Å². The van der Waals surface area contributed by atoms with Gasteiger partial charge in [-0.3, -0.25) is 0 Å². The van der Waals surface area contributed by atoms with E-state index in [1.807, 2.05) is 30.3 Å². The van der Waals surface area contributed by atoms with Crippen LogP contribution in [0.2, 0.25) is 0 Å². The smallest absolute Gasteiger partial charge is 0.383 e. The zero-order chi connectivity index (χ0) is 8.81. The molecule has 0 amide bonds. The minimum absolute atomic E-state index is 0. The number of ether oxygens (including phenoxy) is 1. The van der Waals surface area contributed by atoms with Crippen LogP contribution in [0.4, 0.5) is 0 Å². The van der Waals surface area contributed by atoms with E-state index in [9.17, 15) is 0 Å². The Balaban J connectivity index is 0.00000144. The van der Waals surface area contributed by atoms with E-state index in [4.69, 9.17) is 4.74 Å². The standard InChI is InChI=1S/C10H10BrO.Li/c1-12-8-10(7-11)9-5-3-2-4-6-9;/h2-6H,8H2,1H3;/q-1;+1. The van der Waals surface area contributed by atoms with Crippen LogP contribution in [0, 0.1) is 4.99 Å². The molecule has 0 atom stereocenters. The van der Waals surface area contributed by atoms with Gasteiger partial charge in [0.1, 0.15) is 0 Å². The third kappa shape index (κ3) is 4.15. The molecule has 0 aliphatic heterocycles. The summed E-state index contributed by atoms with van der Waals surface area (Å²) in [6.07, 6.45) is 0. The first-order valence-electron chi connectivity index (χ1n) is 3.65. The Morgan fingerprint density at radius 1 is 1.38 bits per heavy atom. The van der Waals surface area contributed by atoms with Crippen LogP contribution in [-0.2, 0) is 4.74 Å². The van der Waals surface area contributed by atoms with Crippen LogP contribution >= 0.6 is 15.9 Å². The molecule has 0 aliphatic carbocycles. The summed E-state index contributed by atoms with van der Waals surface area (Å²) in [5.74, 6) is 0. The van der Waals surface area contributed by atoms with Gasteiger partial charge in [0.05, 0.1) is 0 Å².